The molecule has 0 saturated heterocycles. The Morgan fingerprint density at radius 1 is 1.21 bits per heavy atom. The third-order valence-corrected chi connectivity index (χ3v) is 5.54. The summed E-state index contributed by atoms with van der Waals surface area (Å²) in [5.74, 6) is -0.304. The predicted molar refractivity (Wildman–Crippen MR) is 134 cm³/mol. The van der Waals surface area contributed by atoms with Gasteiger partial charge in [-0.3, -0.25) is 4.79 Å². The van der Waals surface area contributed by atoms with Gasteiger partial charge in [0.15, 0.2) is 0 Å². The Labute approximate surface area is 198 Å². The second kappa shape index (κ2) is 14.0. The zero-order valence-electron chi connectivity index (χ0n) is 20.1. The topological polar surface area (TPSA) is 46.6 Å². The maximum atomic E-state index is 13.7. The Morgan fingerprint density at radius 3 is 2.67 bits per heavy atom. The molecule has 0 aromatic rings. The zero-order chi connectivity index (χ0) is 24.1. The molecule has 4 nitrogen and oxygen atoms in total. The van der Waals surface area contributed by atoms with E-state index in [1.165, 1.54) is 19.6 Å². The SMILES string of the molecule is C=C(C=C=CC(=O)OC)/C=C(\C=C/CC)N(CC1=CC=C(C)C=C=C1)C(=O)C1CCCCC1. The molecule has 0 atom stereocenters. The number of methoxy groups -OCH3 is 1. The Kier molecular flexibility index (Phi) is 11.0. The van der Waals surface area contributed by atoms with Crippen LogP contribution in [-0.2, 0) is 14.3 Å². The lowest BCUT2D eigenvalue weighted by molar-refractivity contribution is -0.135. The van der Waals surface area contributed by atoms with Crippen molar-refractivity contribution in [3.8, 4) is 0 Å². The van der Waals surface area contributed by atoms with Crippen molar-refractivity contribution in [3.05, 3.63) is 95.1 Å². The summed E-state index contributed by atoms with van der Waals surface area (Å²) >= 11 is 0. The minimum absolute atomic E-state index is 0.0309. The maximum absolute atomic E-state index is 13.7. The van der Waals surface area contributed by atoms with Crippen molar-refractivity contribution in [2.75, 3.05) is 13.7 Å². The monoisotopic (exact) mass is 445 g/mol. The highest BCUT2D eigenvalue weighted by atomic mass is 16.5. The van der Waals surface area contributed by atoms with Gasteiger partial charge in [-0.25, -0.2) is 4.79 Å². The van der Waals surface area contributed by atoms with Crippen molar-refractivity contribution in [2.24, 2.45) is 5.92 Å². The van der Waals surface area contributed by atoms with Crippen LogP contribution in [0.4, 0.5) is 0 Å². The molecule has 0 spiro atoms. The van der Waals surface area contributed by atoms with E-state index in [9.17, 15) is 9.59 Å². The van der Waals surface area contributed by atoms with Gasteiger partial charge in [-0.05, 0) is 73.3 Å². The molecule has 0 unspecified atom stereocenters. The van der Waals surface area contributed by atoms with Crippen LogP contribution in [0.25, 0.3) is 0 Å². The summed E-state index contributed by atoms with van der Waals surface area (Å²) in [6, 6.07) is 0. The van der Waals surface area contributed by atoms with Crippen LogP contribution in [0.5, 0.6) is 0 Å². The number of ether oxygens (including phenoxy) is 1. The van der Waals surface area contributed by atoms with Gasteiger partial charge in [0.05, 0.1) is 19.7 Å². The number of amides is 1. The number of hydrogen-bond donors (Lipinski definition) is 0. The van der Waals surface area contributed by atoms with Crippen molar-refractivity contribution in [2.45, 2.75) is 52.4 Å². The highest BCUT2D eigenvalue weighted by Crippen LogP contribution is 2.28. The van der Waals surface area contributed by atoms with E-state index in [-0.39, 0.29) is 11.8 Å². The van der Waals surface area contributed by atoms with Gasteiger partial charge in [0.1, 0.15) is 0 Å². The van der Waals surface area contributed by atoms with E-state index in [0.717, 1.165) is 48.9 Å². The fourth-order valence-electron chi connectivity index (χ4n) is 3.72. The molecule has 0 bridgehead atoms. The second-order valence-electron chi connectivity index (χ2n) is 8.30. The van der Waals surface area contributed by atoms with Gasteiger partial charge in [-0.2, -0.15) is 0 Å². The van der Waals surface area contributed by atoms with E-state index < -0.39 is 5.97 Å². The van der Waals surface area contributed by atoms with Crippen molar-refractivity contribution in [3.63, 3.8) is 0 Å². The minimum Gasteiger partial charge on any atom is -0.465 e. The highest BCUT2D eigenvalue weighted by molar-refractivity contribution is 5.82. The summed E-state index contributed by atoms with van der Waals surface area (Å²) in [4.78, 5) is 26.9. The molecule has 1 saturated carbocycles. The summed E-state index contributed by atoms with van der Waals surface area (Å²) in [5, 5.41) is 0. The molecule has 2 rings (SSSR count). The standard InChI is InChI=1S/C29H35NO3/c1-5-6-17-27(21-24(3)13-11-18-28(31)33-4)30(29(32)26-15-8-7-9-16-26)22-25-14-10-12-23(2)19-20-25/h6,12-14,17-21,26H,3,5,7-9,15-16,22H2,1-2,4H3/b17-6-,27-21+. The Bertz CT molecular complexity index is 984. The van der Waals surface area contributed by atoms with Crippen LogP contribution in [-0.4, -0.2) is 30.4 Å². The van der Waals surface area contributed by atoms with E-state index in [1.54, 1.807) is 6.08 Å². The van der Waals surface area contributed by atoms with E-state index >= 15 is 0 Å². The average Bonchev–Trinajstić information content (AvgIpc) is 3.04. The van der Waals surface area contributed by atoms with Gasteiger partial charge in [0, 0.05) is 11.6 Å². The third-order valence-electron chi connectivity index (χ3n) is 5.54. The van der Waals surface area contributed by atoms with E-state index in [1.807, 2.05) is 54.4 Å². The van der Waals surface area contributed by atoms with Crippen LogP contribution in [0.2, 0.25) is 0 Å². The smallest absolute Gasteiger partial charge is 0.338 e. The molecular weight excluding hydrogens is 410 g/mol. The van der Waals surface area contributed by atoms with E-state index in [2.05, 4.69) is 29.7 Å². The molecule has 174 valence electrons. The molecule has 2 aliphatic rings. The number of esters is 1. The molecule has 0 N–H and O–H groups in total. The Morgan fingerprint density at radius 2 is 1.97 bits per heavy atom. The molecular formula is C29H35NO3. The summed E-state index contributed by atoms with van der Waals surface area (Å²) in [6.45, 7) is 8.60. The average molecular weight is 446 g/mol. The van der Waals surface area contributed by atoms with Crippen LogP contribution in [0.1, 0.15) is 52.4 Å². The van der Waals surface area contributed by atoms with Gasteiger partial charge in [0.25, 0.3) is 0 Å². The third kappa shape index (κ3) is 8.98. The summed E-state index contributed by atoms with van der Waals surface area (Å²) in [7, 11) is 1.32. The lowest BCUT2D eigenvalue weighted by Gasteiger charge is -2.30. The predicted octanol–water partition coefficient (Wildman–Crippen LogP) is 6.28. The first kappa shape index (κ1) is 25.9. The van der Waals surface area contributed by atoms with Gasteiger partial charge in [-0.1, -0.05) is 51.0 Å². The van der Waals surface area contributed by atoms with Crippen LogP contribution in [0, 0.1) is 5.92 Å². The van der Waals surface area contributed by atoms with Gasteiger partial charge >= 0.3 is 5.97 Å². The van der Waals surface area contributed by atoms with E-state index in [4.69, 9.17) is 0 Å². The fourth-order valence-corrected chi connectivity index (χ4v) is 3.72. The van der Waals surface area contributed by atoms with Crippen LogP contribution < -0.4 is 0 Å². The summed E-state index contributed by atoms with van der Waals surface area (Å²) in [5.41, 5.74) is 9.51. The first-order valence-electron chi connectivity index (χ1n) is 11.6. The first-order chi connectivity index (χ1) is 15.9. The van der Waals surface area contributed by atoms with Crippen molar-refractivity contribution < 1.29 is 14.3 Å². The molecule has 1 fully saturated rings. The molecule has 0 radical (unpaired) electrons. The first-order valence-corrected chi connectivity index (χ1v) is 11.6. The largest absolute Gasteiger partial charge is 0.465 e. The Balaban J connectivity index is 2.43. The quantitative estimate of drug-likeness (QED) is 0.181. The molecule has 33 heavy (non-hydrogen) atoms. The second-order valence-corrected chi connectivity index (χ2v) is 8.30. The number of carbonyl (C=O) groups is 2. The van der Waals surface area contributed by atoms with Crippen molar-refractivity contribution in [1.29, 1.82) is 0 Å². The Hall–Kier alpha value is -3.32. The maximum Gasteiger partial charge on any atom is 0.338 e. The van der Waals surface area contributed by atoms with Crippen LogP contribution >= 0.6 is 0 Å². The minimum atomic E-state index is -0.480. The molecule has 0 aromatic carbocycles. The number of carbonyl (C=O) groups excluding carboxylic acids is 2. The molecule has 4 heteroatoms. The molecule has 2 aliphatic carbocycles. The number of rotatable bonds is 9. The van der Waals surface area contributed by atoms with Crippen molar-refractivity contribution >= 4 is 11.9 Å². The molecule has 1 amide bonds. The summed E-state index contributed by atoms with van der Waals surface area (Å²) < 4.78 is 4.60. The summed E-state index contributed by atoms with van der Waals surface area (Å²) in [6.07, 6.45) is 22.7. The van der Waals surface area contributed by atoms with Crippen molar-refractivity contribution in [1.82, 2.24) is 4.90 Å². The van der Waals surface area contributed by atoms with Gasteiger partial charge in [-0.15, -0.1) is 11.5 Å². The molecule has 0 heterocycles. The lowest BCUT2D eigenvalue weighted by atomic mass is 9.88. The van der Waals surface area contributed by atoms with Gasteiger partial charge in [0.2, 0.25) is 5.91 Å². The molecule has 0 aliphatic heterocycles. The zero-order valence-corrected chi connectivity index (χ0v) is 20.1. The number of nitrogens with zero attached hydrogens (tertiary/aromatic N) is 1. The van der Waals surface area contributed by atoms with Gasteiger partial charge < -0.3 is 9.64 Å². The highest BCUT2D eigenvalue weighted by Gasteiger charge is 2.27. The van der Waals surface area contributed by atoms with E-state index in [0.29, 0.717) is 12.1 Å². The molecule has 0 aromatic heterocycles. The number of allylic oxidation sites excluding steroid dienone is 7. The number of hydrogen-bond acceptors (Lipinski definition) is 3. The lowest BCUT2D eigenvalue weighted by Crippen LogP contribution is -2.37. The normalized spacial score (nSPS) is 16.4. The van der Waals surface area contributed by atoms with Crippen LogP contribution in [0.3, 0.4) is 0 Å². The fraction of sp³-hybridized carbons (Fsp3) is 0.379. The van der Waals surface area contributed by atoms with Crippen LogP contribution in [0.15, 0.2) is 95.1 Å².